The van der Waals surface area contributed by atoms with Crippen LogP contribution in [0, 0.1) is 20.8 Å². The number of nitrogens with one attached hydrogen (secondary N) is 1. The highest BCUT2D eigenvalue weighted by atomic mass is 32.2. The van der Waals surface area contributed by atoms with Crippen LogP contribution in [0.2, 0.25) is 0 Å². The lowest BCUT2D eigenvalue weighted by Gasteiger charge is -2.24. The van der Waals surface area contributed by atoms with Crippen molar-refractivity contribution in [3.63, 3.8) is 0 Å². The van der Waals surface area contributed by atoms with E-state index in [4.69, 9.17) is 4.74 Å². The molecule has 0 aliphatic carbocycles. The molecule has 0 aromatic heterocycles. The Bertz CT molecular complexity index is 1360. The summed E-state index contributed by atoms with van der Waals surface area (Å²) in [4.78, 5) is 24.0. The minimum atomic E-state index is -4.02. The topological polar surface area (TPSA) is 114 Å². The first-order chi connectivity index (χ1) is 17.6. The van der Waals surface area contributed by atoms with Crippen molar-refractivity contribution in [1.29, 1.82) is 0 Å². The minimum absolute atomic E-state index is 0.0862. The molecule has 0 heterocycles. The fourth-order valence-electron chi connectivity index (χ4n) is 3.44. The fraction of sp³-hybridized carbons (Fsp3) is 0.222. The molecule has 0 aliphatic rings. The van der Waals surface area contributed by atoms with Gasteiger partial charge < -0.3 is 9.47 Å². The molecule has 0 fully saturated rings. The number of hydrogen-bond donors (Lipinski definition) is 1. The van der Waals surface area contributed by atoms with Gasteiger partial charge in [-0.3, -0.25) is 9.10 Å². The molecular weight excluding hydrogens is 494 g/mol. The van der Waals surface area contributed by atoms with Gasteiger partial charge in [-0.05, 0) is 86.0 Å². The highest BCUT2D eigenvalue weighted by Crippen LogP contribution is 2.26. The second-order valence-corrected chi connectivity index (χ2v) is 10.3. The number of methoxy groups -OCH3 is 1. The van der Waals surface area contributed by atoms with Crippen molar-refractivity contribution in [3.05, 3.63) is 89.0 Å². The van der Waals surface area contributed by atoms with Gasteiger partial charge in [0.05, 0.1) is 23.9 Å². The number of ether oxygens (including phenoxy) is 2. The fourth-order valence-corrected chi connectivity index (χ4v) is 4.85. The molecule has 1 N–H and O–H groups in total. The zero-order chi connectivity index (χ0) is 27.0. The summed E-state index contributed by atoms with van der Waals surface area (Å²) >= 11 is 0. The van der Waals surface area contributed by atoms with Crippen molar-refractivity contribution in [3.8, 4) is 5.75 Å². The Hall–Kier alpha value is -4.18. The third-order valence-corrected chi connectivity index (χ3v) is 7.05. The molecule has 3 aromatic carbocycles. The second kappa shape index (κ2) is 12.2. The number of hydrogen-bond acceptors (Lipinski definition) is 7. The predicted octanol–water partition coefficient (Wildman–Crippen LogP) is 3.51. The normalized spacial score (nSPS) is 11.2. The molecule has 0 atom stereocenters. The van der Waals surface area contributed by atoms with Crippen LogP contribution in [0.4, 0.5) is 5.69 Å². The first-order valence-electron chi connectivity index (χ1n) is 11.4. The highest BCUT2D eigenvalue weighted by Gasteiger charge is 2.27. The summed E-state index contributed by atoms with van der Waals surface area (Å²) in [6.07, 6.45) is 1.41. The van der Waals surface area contributed by atoms with Crippen LogP contribution >= 0.6 is 0 Å². The molecule has 37 heavy (non-hydrogen) atoms. The van der Waals surface area contributed by atoms with Gasteiger partial charge in [0.2, 0.25) is 0 Å². The van der Waals surface area contributed by atoms with Crippen molar-refractivity contribution < 1.29 is 27.5 Å². The van der Waals surface area contributed by atoms with Crippen LogP contribution in [0.1, 0.15) is 22.3 Å². The van der Waals surface area contributed by atoms with Crippen LogP contribution in [0.15, 0.2) is 76.7 Å². The zero-order valence-corrected chi connectivity index (χ0v) is 21.9. The molecule has 0 saturated heterocycles. The van der Waals surface area contributed by atoms with E-state index >= 15 is 0 Å². The van der Waals surface area contributed by atoms with E-state index in [9.17, 15) is 18.0 Å². The largest absolute Gasteiger partial charge is 0.482 e. The highest BCUT2D eigenvalue weighted by molar-refractivity contribution is 7.92. The van der Waals surface area contributed by atoms with Gasteiger partial charge in [0, 0.05) is 0 Å². The predicted molar refractivity (Wildman–Crippen MR) is 141 cm³/mol. The lowest BCUT2D eigenvalue weighted by molar-refractivity contribution is -0.142. The molecule has 194 valence electrons. The first-order valence-corrected chi connectivity index (χ1v) is 12.8. The molecule has 3 aromatic rings. The van der Waals surface area contributed by atoms with E-state index < -0.39 is 28.4 Å². The van der Waals surface area contributed by atoms with E-state index in [0.717, 1.165) is 21.0 Å². The number of rotatable bonds is 10. The van der Waals surface area contributed by atoms with E-state index in [1.807, 2.05) is 26.8 Å². The smallest absolute Gasteiger partial charge is 0.343 e. The number of esters is 1. The molecule has 1 amide bonds. The van der Waals surface area contributed by atoms with E-state index in [0.29, 0.717) is 17.0 Å². The summed E-state index contributed by atoms with van der Waals surface area (Å²) in [7, 11) is -2.74. The van der Waals surface area contributed by atoms with Crippen molar-refractivity contribution in [2.75, 3.05) is 24.6 Å². The Morgan fingerprint density at radius 1 is 0.919 bits per heavy atom. The lowest BCUT2D eigenvalue weighted by atomic mass is 10.1. The monoisotopic (exact) mass is 523 g/mol. The maximum atomic E-state index is 13.5. The van der Waals surface area contributed by atoms with Gasteiger partial charge >= 0.3 is 5.97 Å². The summed E-state index contributed by atoms with van der Waals surface area (Å²) in [6, 6.07) is 18.5. The maximum absolute atomic E-state index is 13.5. The standard InChI is InChI=1S/C27H29N3O6S/c1-19-5-11-25(12-6-19)37(33,34)30(23-14-20(2)13-21(3)15-23)17-26(31)29-28-16-22-7-9-24(10-8-22)36-18-27(32)35-4/h5-16H,17-18H2,1-4H3,(H,29,31)/b28-16-. The molecule has 0 aliphatic heterocycles. The van der Waals surface area contributed by atoms with E-state index in [1.165, 1.54) is 25.5 Å². The number of nitrogens with zero attached hydrogens (tertiary/aromatic N) is 2. The molecule has 0 spiro atoms. The average Bonchev–Trinajstić information content (AvgIpc) is 2.86. The van der Waals surface area contributed by atoms with Crippen LogP contribution in [0.5, 0.6) is 5.75 Å². The summed E-state index contributed by atoms with van der Waals surface area (Å²) in [5, 5.41) is 3.95. The molecule has 9 nitrogen and oxygen atoms in total. The van der Waals surface area contributed by atoms with Crippen molar-refractivity contribution in [2.24, 2.45) is 5.10 Å². The van der Waals surface area contributed by atoms with Crippen LogP contribution < -0.4 is 14.5 Å². The molecule has 0 unspecified atom stereocenters. The Morgan fingerprint density at radius 2 is 1.54 bits per heavy atom. The van der Waals surface area contributed by atoms with Gasteiger partial charge in [-0.1, -0.05) is 23.8 Å². The van der Waals surface area contributed by atoms with Gasteiger partial charge in [0.1, 0.15) is 12.3 Å². The van der Waals surface area contributed by atoms with Gasteiger partial charge in [-0.25, -0.2) is 18.6 Å². The number of anilines is 1. The Morgan fingerprint density at radius 3 is 2.14 bits per heavy atom. The van der Waals surface area contributed by atoms with Crippen LogP contribution in [-0.2, 0) is 24.3 Å². The summed E-state index contributed by atoms with van der Waals surface area (Å²) in [6.45, 7) is 4.93. The SMILES string of the molecule is COC(=O)COc1ccc(/C=N\NC(=O)CN(c2cc(C)cc(C)c2)S(=O)(=O)c2ccc(C)cc2)cc1. The molecule has 10 heteroatoms. The van der Waals surface area contributed by atoms with Crippen LogP contribution in [-0.4, -0.2) is 46.8 Å². The Kier molecular flexibility index (Phi) is 9.02. The maximum Gasteiger partial charge on any atom is 0.343 e. The number of sulfonamides is 1. The van der Waals surface area contributed by atoms with E-state index in [2.05, 4.69) is 15.3 Å². The van der Waals surface area contributed by atoms with Gasteiger partial charge in [-0.15, -0.1) is 0 Å². The first kappa shape index (κ1) is 27.4. The number of aryl methyl sites for hydroxylation is 3. The third kappa shape index (κ3) is 7.65. The third-order valence-electron chi connectivity index (χ3n) is 5.26. The average molecular weight is 524 g/mol. The molecular formula is C27H29N3O6S. The number of hydrazone groups is 1. The van der Waals surface area contributed by atoms with Crippen molar-refractivity contribution >= 4 is 33.8 Å². The lowest BCUT2D eigenvalue weighted by Crippen LogP contribution is -2.39. The molecule has 3 rings (SSSR count). The summed E-state index contributed by atoms with van der Waals surface area (Å²) < 4.78 is 37.9. The van der Waals surface area contributed by atoms with Crippen LogP contribution in [0.25, 0.3) is 0 Å². The number of amides is 1. The summed E-state index contributed by atoms with van der Waals surface area (Å²) in [5.74, 6) is -0.631. The zero-order valence-electron chi connectivity index (χ0n) is 21.1. The molecule has 0 radical (unpaired) electrons. The van der Waals surface area contributed by atoms with Crippen LogP contribution in [0.3, 0.4) is 0 Å². The Balaban J connectivity index is 1.74. The van der Waals surface area contributed by atoms with Gasteiger partial charge in [0.15, 0.2) is 6.61 Å². The number of benzene rings is 3. The summed E-state index contributed by atoms with van der Waals surface area (Å²) in [5.41, 5.74) is 6.10. The second-order valence-electron chi connectivity index (χ2n) is 8.40. The number of carbonyl (C=O) groups excluding carboxylic acids is 2. The minimum Gasteiger partial charge on any atom is -0.482 e. The van der Waals surface area contributed by atoms with Gasteiger partial charge in [0.25, 0.3) is 15.9 Å². The Labute approximate surface area is 216 Å². The van der Waals surface area contributed by atoms with Crippen molar-refractivity contribution in [1.82, 2.24) is 5.43 Å². The quantitative estimate of drug-likeness (QED) is 0.247. The van der Waals surface area contributed by atoms with Gasteiger partial charge in [-0.2, -0.15) is 5.10 Å². The van der Waals surface area contributed by atoms with E-state index in [-0.39, 0.29) is 11.5 Å². The van der Waals surface area contributed by atoms with Crippen molar-refractivity contribution in [2.45, 2.75) is 25.7 Å². The molecule has 0 saturated carbocycles. The molecule has 0 bridgehead atoms. The van der Waals surface area contributed by atoms with E-state index in [1.54, 1.807) is 48.5 Å². The number of carbonyl (C=O) groups is 2.